The van der Waals surface area contributed by atoms with Crippen molar-refractivity contribution in [1.29, 1.82) is 0 Å². The Bertz CT molecular complexity index is 920. The van der Waals surface area contributed by atoms with E-state index in [4.69, 9.17) is 14.2 Å². The van der Waals surface area contributed by atoms with Crippen LogP contribution in [-0.2, 0) is 14.3 Å². The maximum absolute atomic E-state index is 12.2. The second-order valence-corrected chi connectivity index (χ2v) is 8.27. The summed E-state index contributed by atoms with van der Waals surface area (Å²) in [7, 11) is 3.10. The van der Waals surface area contributed by atoms with Gasteiger partial charge in [0.15, 0.2) is 12.4 Å². The molecule has 0 aliphatic heterocycles. The standard InChI is InChI=1S/C22H27NO6S/c1-13-10-18(15(3)30-13)19(24)7-9-22(26)29-12-21(25)23-14(2)17-11-16(27-4)6-8-20(17)28-5/h6,8,10-11,14H,7,9,12H2,1-5H3,(H,23,25). The zero-order valence-corrected chi connectivity index (χ0v) is 18.7. The van der Waals surface area contributed by atoms with Gasteiger partial charge in [0.1, 0.15) is 11.5 Å². The average Bonchev–Trinajstić information content (AvgIpc) is 3.07. The molecule has 0 fully saturated rings. The van der Waals surface area contributed by atoms with Crippen LogP contribution in [0.5, 0.6) is 11.5 Å². The smallest absolute Gasteiger partial charge is 0.306 e. The molecule has 2 aromatic rings. The van der Waals surface area contributed by atoms with E-state index in [2.05, 4.69) is 5.32 Å². The van der Waals surface area contributed by atoms with Gasteiger partial charge in [-0.3, -0.25) is 14.4 Å². The van der Waals surface area contributed by atoms with Crippen molar-refractivity contribution >= 4 is 29.0 Å². The topological polar surface area (TPSA) is 90.9 Å². The van der Waals surface area contributed by atoms with Gasteiger partial charge in [-0.2, -0.15) is 0 Å². The lowest BCUT2D eigenvalue weighted by Crippen LogP contribution is -2.31. The molecule has 0 aliphatic carbocycles. The second kappa shape index (κ2) is 10.8. The number of rotatable bonds is 10. The number of benzene rings is 1. The van der Waals surface area contributed by atoms with Gasteiger partial charge < -0.3 is 19.5 Å². The number of ketones is 1. The molecule has 1 aromatic carbocycles. The molecule has 7 nitrogen and oxygen atoms in total. The van der Waals surface area contributed by atoms with Gasteiger partial charge >= 0.3 is 5.97 Å². The van der Waals surface area contributed by atoms with Crippen LogP contribution in [0.2, 0.25) is 0 Å². The lowest BCUT2D eigenvalue weighted by molar-refractivity contribution is -0.148. The molecule has 0 bridgehead atoms. The van der Waals surface area contributed by atoms with E-state index in [9.17, 15) is 14.4 Å². The Labute approximate surface area is 180 Å². The van der Waals surface area contributed by atoms with Crippen LogP contribution in [0.3, 0.4) is 0 Å². The molecule has 8 heteroatoms. The van der Waals surface area contributed by atoms with Crippen LogP contribution in [0.25, 0.3) is 0 Å². The normalized spacial score (nSPS) is 11.5. The van der Waals surface area contributed by atoms with Crippen LogP contribution in [0.4, 0.5) is 0 Å². The summed E-state index contributed by atoms with van der Waals surface area (Å²) in [4.78, 5) is 38.3. The molecule has 1 aromatic heterocycles. The van der Waals surface area contributed by atoms with Gasteiger partial charge in [0.25, 0.3) is 5.91 Å². The van der Waals surface area contributed by atoms with E-state index in [-0.39, 0.29) is 24.7 Å². The number of aryl methyl sites for hydroxylation is 2. The fourth-order valence-electron chi connectivity index (χ4n) is 3.01. The molecule has 162 valence electrons. The van der Waals surface area contributed by atoms with Crippen LogP contribution in [0.15, 0.2) is 24.3 Å². The number of methoxy groups -OCH3 is 2. The minimum absolute atomic E-state index is 0.0505. The maximum Gasteiger partial charge on any atom is 0.306 e. The molecule has 1 heterocycles. The lowest BCUT2D eigenvalue weighted by Gasteiger charge is -2.18. The predicted octanol–water partition coefficient (Wildman–Crippen LogP) is 3.77. The number of Topliss-reactive ketones (excluding diaryl/α,β-unsaturated/α-hetero) is 1. The second-order valence-electron chi connectivity index (χ2n) is 6.81. The minimum atomic E-state index is -0.588. The number of carbonyl (C=O) groups excluding carboxylic acids is 3. The maximum atomic E-state index is 12.2. The highest BCUT2D eigenvalue weighted by molar-refractivity contribution is 7.12. The molecule has 0 saturated carbocycles. The minimum Gasteiger partial charge on any atom is -0.497 e. The quantitative estimate of drug-likeness (QED) is 0.453. The number of thiophene rings is 1. The van der Waals surface area contributed by atoms with Gasteiger partial charge in [0.2, 0.25) is 0 Å². The zero-order valence-electron chi connectivity index (χ0n) is 17.9. The summed E-state index contributed by atoms with van der Waals surface area (Å²) in [5, 5.41) is 2.76. The highest BCUT2D eigenvalue weighted by Gasteiger charge is 2.18. The third kappa shape index (κ3) is 6.32. The zero-order chi connectivity index (χ0) is 22.3. The van der Waals surface area contributed by atoms with E-state index in [0.717, 1.165) is 15.3 Å². The summed E-state index contributed by atoms with van der Waals surface area (Å²) in [6.45, 7) is 5.19. The van der Waals surface area contributed by atoms with Crippen LogP contribution < -0.4 is 14.8 Å². The van der Waals surface area contributed by atoms with Gasteiger partial charge in [-0.1, -0.05) is 0 Å². The predicted molar refractivity (Wildman–Crippen MR) is 114 cm³/mol. The van der Waals surface area contributed by atoms with Gasteiger partial charge in [0.05, 0.1) is 26.7 Å². The van der Waals surface area contributed by atoms with Crippen molar-refractivity contribution < 1.29 is 28.6 Å². The number of ether oxygens (including phenoxy) is 3. The number of nitrogens with one attached hydrogen (secondary N) is 1. The van der Waals surface area contributed by atoms with E-state index < -0.39 is 18.5 Å². The fourth-order valence-corrected chi connectivity index (χ4v) is 3.96. The first-order valence-electron chi connectivity index (χ1n) is 9.52. The number of hydrogen-bond acceptors (Lipinski definition) is 7. The van der Waals surface area contributed by atoms with E-state index in [1.165, 1.54) is 0 Å². The Hall–Kier alpha value is -2.87. The van der Waals surface area contributed by atoms with Crippen molar-refractivity contribution in [3.8, 4) is 11.5 Å². The van der Waals surface area contributed by atoms with Gasteiger partial charge in [-0.15, -0.1) is 11.3 Å². The molecule has 1 atom stereocenters. The molecule has 30 heavy (non-hydrogen) atoms. The first-order valence-corrected chi connectivity index (χ1v) is 10.3. The average molecular weight is 434 g/mol. The molecular weight excluding hydrogens is 406 g/mol. The Morgan fingerprint density at radius 2 is 1.80 bits per heavy atom. The Morgan fingerprint density at radius 1 is 1.07 bits per heavy atom. The van der Waals surface area contributed by atoms with E-state index in [0.29, 0.717) is 17.1 Å². The lowest BCUT2D eigenvalue weighted by atomic mass is 10.1. The number of hydrogen-bond donors (Lipinski definition) is 1. The van der Waals surface area contributed by atoms with Crippen molar-refractivity contribution in [3.05, 3.63) is 45.1 Å². The first-order chi connectivity index (χ1) is 14.2. The molecule has 1 amide bonds. The summed E-state index contributed by atoms with van der Waals surface area (Å²) < 4.78 is 15.5. The van der Waals surface area contributed by atoms with Crippen molar-refractivity contribution in [3.63, 3.8) is 0 Å². The molecule has 0 spiro atoms. The molecular formula is C22H27NO6S. The van der Waals surface area contributed by atoms with Crippen LogP contribution in [0, 0.1) is 13.8 Å². The number of carbonyl (C=O) groups is 3. The fraction of sp³-hybridized carbons (Fsp3) is 0.409. The van der Waals surface area contributed by atoms with E-state index in [1.807, 2.05) is 19.9 Å². The Kier molecular flexibility index (Phi) is 8.41. The first kappa shape index (κ1) is 23.4. The van der Waals surface area contributed by atoms with Crippen molar-refractivity contribution in [2.75, 3.05) is 20.8 Å². The Balaban J connectivity index is 1.82. The number of esters is 1. The summed E-state index contributed by atoms with van der Waals surface area (Å²) in [6.07, 6.45) is -0.0193. The monoisotopic (exact) mass is 433 g/mol. The van der Waals surface area contributed by atoms with E-state index >= 15 is 0 Å². The summed E-state index contributed by atoms with van der Waals surface area (Å²) >= 11 is 1.55. The van der Waals surface area contributed by atoms with Crippen molar-refractivity contribution in [1.82, 2.24) is 5.32 Å². The highest BCUT2D eigenvalue weighted by atomic mass is 32.1. The summed E-state index contributed by atoms with van der Waals surface area (Å²) in [5.74, 6) is 0.111. The van der Waals surface area contributed by atoms with Crippen LogP contribution >= 0.6 is 11.3 Å². The largest absolute Gasteiger partial charge is 0.497 e. The van der Waals surface area contributed by atoms with E-state index in [1.54, 1.807) is 50.7 Å². The van der Waals surface area contributed by atoms with Crippen LogP contribution in [-0.4, -0.2) is 38.5 Å². The number of amides is 1. The van der Waals surface area contributed by atoms with Gasteiger partial charge in [-0.25, -0.2) is 0 Å². The molecule has 1 N–H and O–H groups in total. The SMILES string of the molecule is COc1ccc(OC)c(C(C)NC(=O)COC(=O)CCC(=O)c2cc(C)sc2C)c1. The Morgan fingerprint density at radius 3 is 2.40 bits per heavy atom. The summed E-state index contributed by atoms with van der Waals surface area (Å²) in [5.41, 5.74) is 1.38. The molecule has 0 saturated heterocycles. The van der Waals surface area contributed by atoms with Crippen molar-refractivity contribution in [2.45, 2.75) is 39.7 Å². The van der Waals surface area contributed by atoms with Crippen LogP contribution in [0.1, 0.15) is 51.5 Å². The van der Waals surface area contributed by atoms with Gasteiger partial charge in [0, 0.05) is 27.3 Å². The third-order valence-corrected chi connectivity index (χ3v) is 5.51. The molecule has 2 rings (SSSR count). The molecule has 0 aliphatic rings. The summed E-state index contributed by atoms with van der Waals surface area (Å²) in [6, 6.07) is 6.74. The van der Waals surface area contributed by atoms with Crippen molar-refractivity contribution in [2.24, 2.45) is 0 Å². The van der Waals surface area contributed by atoms with Gasteiger partial charge in [-0.05, 0) is 45.0 Å². The third-order valence-electron chi connectivity index (χ3n) is 4.54. The molecule has 0 radical (unpaired) electrons. The highest BCUT2D eigenvalue weighted by Crippen LogP contribution is 2.29. The molecule has 1 unspecified atom stereocenters.